The Hall–Kier alpha value is -1.49. The largest absolute Gasteiger partial charge is 0.694 e. The van der Waals surface area contributed by atoms with Gasteiger partial charge in [-0.15, -0.1) is 9.42 Å². The zero-order chi connectivity index (χ0) is 12.0. The van der Waals surface area contributed by atoms with Gasteiger partial charge in [-0.25, -0.2) is 4.98 Å². The van der Waals surface area contributed by atoms with Crippen molar-refractivity contribution in [1.29, 1.82) is 0 Å². The number of rotatable bonds is 2. The van der Waals surface area contributed by atoms with Gasteiger partial charge in [0.15, 0.2) is 5.95 Å². The molecule has 6 nitrogen and oxygen atoms in total. The van der Waals surface area contributed by atoms with Crippen LogP contribution in [0.15, 0.2) is 24.3 Å². The molecule has 1 aromatic heterocycles. The highest BCUT2D eigenvalue weighted by atomic mass is 31.1. The molecule has 86 valence electrons. The lowest BCUT2D eigenvalue weighted by Crippen LogP contribution is -1.84. The third-order valence-corrected chi connectivity index (χ3v) is 2.13. The third kappa shape index (κ3) is 3.94. The molecule has 1 heterocycles. The molecule has 0 fully saturated rings. The molecule has 2 rings (SSSR count). The van der Waals surface area contributed by atoms with Gasteiger partial charge in [0.2, 0.25) is 0 Å². The van der Waals surface area contributed by atoms with Crippen molar-refractivity contribution < 1.29 is 14.0 Å². The molecular weight excluding hydrogens is 229 g/mol. The van der Waals surface area contributed by atoms with Crippen LogP contribution >= 0.6 is 8.25 Å². The summed E-state index contributed by atoms with van der Waals surface area (Å²) in [6.45, 7) is 1.95. The van der Waals surface area contributed by atoms with Gasteiger partial charge in [-0.1, -0.05) is 12.1 Å². The Bertz CT molecular complexity index is 439. The summed E-state index contributed by atoms with van der Waals surface area (Å²) in [7, 11) is -2.35. The first-order chi connectivity index (χ1) is 7.63. The first-order valence-corrected chi connectivity index (χ1v) is 5.75. The first-order valence-electron chi connectivity index (χ1n) is 4.62. The zero-order valence-electron chi connectivity index (χ0n) is 8.75. The first kappa shape index (κ1) is 12.6. The number of nitrogens with zero attached hydrogens (tertiary/aromatic N) is 1. The Morgan fingerprint density at radius 1 is 1.56 bits per heavy atom. The smallest absolute Gasteiger partial charge is 0.369 e. The molecule has 1 atom stereocenters. The van der Waals surface area contributed by atoms with Crippen molar-refractivity contribution in [2.75, 3.05) is 12.3 Å². The van der Waals surface area contributed by atoms with Crippen molar-refractivity contribution in [1.82, 2.24) is 9.97 Å². The van der Waals surface area contributed by atoms with Crippen molar-refractivity contribution >= 4 is 25.2 Å². The molecule has 1 unspecified atom stereocenters. The van der Waals surface area contributed by atoms with E-state index in [2.05, 4.69) is 14.5 Å². The predicted molar refractivity (Wildman–Crippen MR) is 62.0 cm³/mol. The number of H-pyrrole nitrogens is 1. The molecular formula is C9H13N3O3P+. The quantitative estimate of drug-likeness (QED) is 0.697. The molecule has 1 aromatic carbocycles. The molecule has 0 aliphatic rings. The number of fused-ring (bicyclic) bond motifs is 1. The van der Waals surface area contributed by atoms with E-state index in [1.54, 1.807) is 6.92 Å². The van der Waals surface area contributed by atoms with E-state index >= 15 is 0 Å². The lowest BCUT2D eigenvalue weighted by molar-refractivity contribution is 0.297. The molecule has 4 N–H and O–H groups in total. The number of imidazole rings is 1. The summed E-state index contributed by atoms with van der Waals surface area (Å²) in [4.78, 5) is 14.8. The van der Waals surface area contributed by atoms with Crippen molar-refractivity contribution in [3.05, 3.63) is 24.3 Å². The summed E-state index contributed by atoms with van der Waals surface area (Å²) in [5, 5.41) is 0. The summed E-state index contributed by atoms with van der Waals surface area (Å²) in [6.07, 6.45) is 0. The van der Waals surface area contributed by atoms with E-state index in [1.807, 2.05) is 24.3 Å². The number of nitrogens with one attached hydrogen (secondary N) is 1. The number of anilines is 1. The molecule has 0 bridgehead atoms. The van der Waals surface area contributed by atoms with Crippen LogP contribution in [0.2, 0.25) is 0 Å². The van der Waals surface area contributed by atoms with Gasteiger partial charge in [0, 0.05) is 4.57 Å². The maximum absolute atomic E-state index is 9.53. The minimum Gasteiger partial charge on any atom is -0.369 e. The van der Waals surface area contributed by atoms with Crippen LogP contribution in [0, 0.1) is 0 Å². The van der Waals surface area contributed by atoms with Crippen LogP contribution in [0.4, 0.5) is 5.95 Å². The molecule has 0 spiro atoms. The second-order valence-corrected chi connectivity index (χ2v) is 3.53. The van der Waals surface area contributed by atoms with E-state index in [1.165, 1.54) is 0 Å². The van der Waals surface area contributed by atoms with Crippen LogP contribution in [-0.2, 0) is 9.09 Å². The lowest BCUT2D eigenvalue weighted by Gasteiger charge is -1.81. The minimum absolute atomic E-state index is 0.297. The number of hydrogen-bond acceptors (Lipinski definition) is 4. The van der Waals surface area contributed by atoms with Gasteiger partial charge in [0.05, 0.1) is 11.0 Å². The van der Waals surface area contributed by atoms with Crippen molar-refractivity contribution in [3.8, 4) is 0 Å². The maximum atomic E-state index is 9.53. The second kappa shape index (κ2) is 6.17. The standard InChI is InChI=1S/C7H7N3.C2H5O3P/c8-7-9-5-3-1-2-4-6(5)10-7;1-2-5-6(3)4/h1-4H,(H3,8,9,10);2H2,1H3/p+1. The number of benzene rings is 1. The summed E-state index contributed by atoms with van der Waals surface area (Å²) in [6, 6.07) is 7.74. The van der Waals surface area contributed by atoms with E-state index in [0.29, 0.717) is 12.6 Å². The normalized spacial score (nSPS) is 10.8. The van der Waals surface area contributed by atoms with Gasteiger partial charge in [0.1, 0.15) is 6.61 Å². The highest BCUT2D eigenvalue weighted by Crippen LogP contribution is 2.12. The van der Waals surface area contributed by atoms with Crippen LogP contribution in [0.1, 0.15) is 6.92 Å². The Morgan fingerprint density at radius 3 is 2.75 bits per heavy atom. The number of aromatic amines is 1. The fourth-order valence-electron chi connectivity index (χ4n) is 1.08. The summed E-state index contributed by atoms with van der Waals surface area (Å²) < 4.78 is 13.6. The molecule has 0 aliphatic carbocycles. The fraction of sp³-hybridized carbons (Fsp3) is 0.222. The number of para-hydroxylation sites is 2. The van der Waals surface area contributed by atoms with Crippen LogP contribution in [-0.4, -0.2) is 21.5 Å². The maximum Gasteiger partial charge on any atom is 0.694 e. The van der Waals surface area contributed by atoms with E-state index in [0.717, 1.165) is 11.0 Å². The van der Waals surface area contributed by atoms with Gasteiger partial charge >= 0.3 is 8.25 Å². The van der Waals surface area contributed by atoms with Crippen molar-refractivity contribution in [2.24, 2.45) is 0 Å². The number of nitrogens with two attached hydrogens (primary N) is 1. The molecule has 16 heavy (non-hydrogen) atoms. The minimum atomic E-state index is -2.35. The van der Waals surface area contributed by atoms with Gasteiger partial charge in [-0.2, -0.15) is 0 Å². The number of nitrogen functional groups attached to an aromatic ring is 1. The van der Waals surface area contributed by atoms with Gasteiger partial charge in [-0.3, -0.25) is 0 Å². The predicted octanol–water partition coefficient (Wildman–Crippen LogP) is 1.82. The molecule has 0 aliphatic heterocycles. The molecule has 7 heteroatoms. The topological polar surface area (TPSA) is 101 Å². The molecule has 0 saturated carbocycles. The second-order valence-electron chi connectivity index (χ2n) is 2.79. The van der Waals surface area contributed by atoms with E-state index in [-0.39, 0.29) is 0 Å². The lowest BCUT2D eigenvalue weighted by atomic mass is 10.3. The van der Waals surface area contributed by atoms with Crippen molar-refractivity contribution in [2.45, 2.75) is 6.92 Å². The highest BCUT2D eigenvalue weighted by molar-refractivity contribution is 7.32. The SMILES string of the molecule is CCO[P+](=O)O.Nc1nc2ccccc2[nH]1. The van der Waals surface area contributed by atoms with Gasteiger partial charge in [0.25, 0.3) is 0 Å². The van der Waals surface area contributed by atoms with Gasteiger partial charge in [-0.05, 0) is 19.1 Å². The average molecular weight is 242 g/mol. The van der Waals surface area contributed by atoms with Gasteiger partial charge < -0.3 is 10.7 Å². The van der Waals surface area contributed by atoms with Crippen LogP contribution in [0.25, 0.3) is 11.0 Å². The number of aromatic nitrogens is 2. The molecule has 2 aromatic rings. The molecule has 0 radical (unpaired) electrons. The molecule has 0 amide bonds. The Morgan fingerprint density at radius 2 is 2.25 bits per heavy atom. The number of hydrogen-bond donors (Lipinski definition) is 3. The Balaban J connectivity index is 0.000000187. The van der Waals surface area contributed by atoms with E-state index in [9.17, 15) is 4.57 Å². The van der Waals surface area contributed by atoms with Crippen molar-refractivity contribution in [3.63, 3.8) is 0 Å². The fourth-order valence-corrected chi connectivity index (χ4v) is 1.30. The summed E-state index contributed by atoms with van der Waals surface area (Å²) >= 11 is 0. The van der Waals surface area contributed by atoms with Crippen LogP contribution in [0.3, 0.4) is 0 Å². The van der Waals surface area contributed by atoms with Crippen LogP contribution < -0.4 is 5.73 Å². The monoisotopic (exact) mass is 242 g/mol. The third-order valence-electron chi connectivity index (χ3n) is 1.65. The van der Waals surface area contributed by atoms with E-state index in [4.69, 9.17) is 10.6 Å². The Labute approximate surface area is 93.4 Å². The molecule has 0 saturated heterocycles. The summed E-state index contributed by atoms with van der Waals surface area (Å²) in [5.41, 5.74) is 7.33. The van der Waals surface area contributed by atoms with E-state index < -0.39 is 8.25 Å². The zero-order valence-corrected chi connectivity index (χ0v) is 9.65. The average Bonchev–Trinajstić information content (AvgIpc) is 2.58. The highest BCUT2D eigenvalue weighted by Gasteiger charge is 2.06. The Kier molecular flexibility index (Phi) is 4.85. The van der Waals surface area contributed by atoms with Crippen LogP contribution in [0.5, 0.6) is 0 Å². The summed E-state index contributed by atoms with van der Waals surface area (Å²) in [5.74, 6) is 0.473.